The monoisotopic (exact) mass is 306 g/mol. The molecule has 0 saturated heterocycles. The predicted molar refractivity (Wildman–Crippen MR) is 76.7 cm³/mol. The van der Waals surface area contributed by atoms with Crippen LogP contribution in [-0.2, 0) is 6.54 Å². The first-order chi connectivity index (χ1) is 10.6. The Labute approximate surface area is 124 Å². The summed E-state index contributed by atoms with van der Waals surface area (Å²) in [6.07, 6.45) is 0.443. The smallest absolute Gasteiger partial charge is 0.195 e. The van der Waals surface area contributed by atoms with Crippen molar-refractivity contribution in [3.05, 3.63) is 53.8 Å². The van der Waals surface area contributed by atoms with E-state index in [1.807, 2.05) is 6.07 Å². The Kier molecular flexibility index (Phi) is 3.85. The summed E-state index contributed by atoms with van der Waals surface area (Å²) in [5.41, 5.74) is 1.27. The maximum atomic E-state index is 14.1. The zero-order valence-corrected chi connectivity index (χ0v) is 11.6. The van der Waals surface area contributed by atoms with E-state index in [2.05, 4.69) is 4.98 Å². The molecule has 0 saturated carbocycles. The molecule has 1 aromatic heterocycles. The van der Waals surface area contributed by atoms with Crippen molar-refractivity contribution in [3.63, 3.8) is 0 Å². The van der Waals surface area contributed by atoms with E-state index in [1.54, 1.807) is 22.8 Å². The Hall–Kier alpha value is -2.34. The minimum absolute atomic E-state index is 0.0355. The Morgan fingerprint density at radius 3 is 2.55 bits per heavy atom. The van der Waals surface area contributed by atoms with Gasteiger partial charge in [0.2, 0.25) is 0 Å². The molecule has 3 aromatic rings. The van der Waals surface area contributed by atoms with Gasteiger partial charge in [-0.1, -0.05) is 12.1 Å². The van der Waals surface area contributed by atoms with Gasteiger partial charge in [-0.15, -0.1) is 0 Å². The van der Waals surface area contributed by atoms with Crippen LogP contribution >= 0.6 is 0 Å². The first-order valence-corrected chi connectivity index (χ1v) is 6.83. The van der Waals surface area contributed by atoms with Crippen LogP contribution in [-0.4, -0.2) is 21.3 Å². The lowest BCUT2D eigenvalue weighted by molar-refractivity contribution is 0.281. The van der Waals surface area contributed by atoms with Crippen molar-refractivity contribution >= 4 is 11.0 Å². The number of benzene rings is 2. The first-order valence-electron chi connectivity index (χ1n) is 6.83. The lowest BCUT2D eigenvalue weighted by Crippen LogP contribution is -2.04. The number of hydrogen-bond donors (Lipinski definition) is 1. The number of rotatable bonds is 4. The third-order valence-corrected chi connectivity index (χ3v) is 3.47. The van der Waals surface area contributed by atoms with Gasteiger partial charge in [0.15, 0.2) is 17.5 Å². The number of para-hydroxylation sites is 2. The van der Waals surface area contributed by atoms with Gasteiger partial charge < -0.3 is 9.67 Å². The van der Waals surface area contributed by atoms with Crippen LogP contribution in [0.2, 0.25) is 0 Å². The third kappa shape index (κ3) is 2.35. The molecule has 3 rings (SSSR count). The summed E-state index contributed by atoms with van der Waals surface area (Å²) in [5, 5.41) is 9.02. The average molecular weight is 306 g/mol. The van der Waals surface area contributed by atoms with E-state index < -0.39 is 17.5 Å². The van der Waals surface area contributed by atoms with Gasteiger partial charge in [-0.05, 0) is 30.7 Å². The maximum absolute atomic E-state index is 14.1. The van der Waals surface area contributed by atoms with Gasteiger partial charge in [-0.3, -0.25) is 0 Å². The summed E-state index contributed by atoms with van der Waals surface area (Å²) in [6, 6.07) is 9.21. The molecule has 3 nitrogen and oxygen atoms in total. The van der Waals surface area contributed by atoms with E-state index in [-0.39, 0.29) is 18.0 Å². The molecule has 1 N–H and O–H groups in total. The van der Waals surface area contributed by atoms with Gasteiger partial charge in [-0.2, -0.15) is 0 Å². The van der Waals surface area contributed by atoms with Crippen molar-refractivity contribution in [2.45, 2.75) is 13.0 Å². The number of aryl methyl sites for hydroxylation is 1. The molecular formula is C16H13F3N2O. The minimum Gasteiger partial charge on any atom is -0.396 e. The van der Waals surface area contributed by atoms with Gasteiger partial charge in [0, 0.05) is 13.2 Å². The quantitative estimate of drug-likeness (QED) is 0.749. The highest BCUT2D eigenvalue weighted by atomic mass is 19.2. The maximum Gasteiger partial charge on any atom is 0.195 e. The number of fused-ring (bicyclic) bond motifs is 1. The summed E-state index contributed by atoms with van der Waals surface area (Å²) < 4.78 is 42.4. The lowest BCUT2D eigenvalue weighted by atomic mass is 10.2. The molecule has 0 spiro atoms. The van der Waals surface area contributed by atoms with Crippen molar-refractivity contribution in [1.82, 2.24) is 9.55 Å². The standard InChI is InChI=1S/C16H13F3N2O/c17-11-7-6-10(14(18)15(11)19)16-20-12-4-1-2-5-13(12)21(16)8-3-9-22/h1-2,4-7,22H,3,8-9H2. The molecular weight excluding hydrogens is 293 g/mol. The van der Waals surface area contributed by atoms with Gasteiger partial charge in [0.05, 0.1) is 16.6 Å². The average Bonchev–Trinajstić information content (AvgIpc) is 2.89. The normalized spacial score (nSPS) is 11.3. The molecule has 6 heteroatoms. The van der Waals surface area contributed by atoms with E-state index >= 15 is 0 Å². The van der Waals surface area contributed by atoms with Crippen LogP contribution in [0.5, 0.6) is 0 Å². The summed E-state index contributed by atoms with van der Waals surface area (Å²) in [4.78, 5) is 4.32. The number of aromatic nitrogens is 2. The van der Waals surface area contributed by atoms with Crippen molar-refractivity contribution in [1.29, 1.82) is 0 Å². The summed E-state index contributed by atoms with van der Waals surface area (Å²) in [5.74, 6) is -3.80. The van der Waals surface area contributed by atoms with Crippen LogP contribution in [0.1, 0.15) is 6.42 Å². The molecule has 114 valence electrons. The van der Waals surface area contributed by atoms with Crippen LogP contribution in [0, 0.1) is 17.5 Å². The molecule has 0 aliphatic heterocycles. The second kappa shape index (κ2) is 5.81. The number of imidazole rings is 1. The number of halogens is 3. The minimum atomic E-state index is -1.52. The molecule has 0 radical (unpaired) electrons. The fourth-order valence-corrected chi connectivity index (χ4v) is 2.43. The van der Waals surface area contributed by atoms with Crippen molar-refractivity contribution in [2.24, 2.45) is 0 Å². The molecule has 0 bridgehead atoms. The Morgan fingerprint density at radius 2 is 1.77 bits per heavy atom. The highest BCUT2D eigenvalue weighted by molar-refractivity contribution is 5.80. The molecule has 22 heavy (non-hydrogen) atoms. The third-order valence-electron chi connectivity index (χ3n) is 3.47. The van der Waals surface area contributed by atoms with Crippen molar-refractivity contribution < 1.29 is 18.3 Å². The summed E-state index contributed by atoms with van der Waals surface area (Å²) in [6.45, 7) is 0.358. The van der Waals surface area contributed by atoms with Crippen LogP contribution in [0.4, 0.5) is 13.2 Å². The molecule has 0 fully saturated rings. The van der Waals surface area contributed by atoms with E-state index in [4.69, 9.17) is 5.11 Å². The molecule has 1 heterocycles. The van der Waals surface area contributed by atoms with Crippen molar-refractivity contribution in [2.75, 3.05) is 6.61 Å². The number of nitrogens with zero attached hydrogens (tertiary/aromatic N) is 2. The highest BCUT2D eigenvalue weighted by Gasteiger charge is 2.20. The molecule has 0 atom stereocenters. The topological polar surface area (TPSA) is 38.0 Å². The number of aliphatic hydroxyl groups excluding tert-OH is 1. The van der Waals surface area contributed by atoms with Gasteiger partial charge in [-0.25, -0.2) is 18.2 Å². The largest absolute Gasteiger partial charge is 0.396 e. The molecule has 0 aliphatic rings. The van der Waals surface area contributed by atoms with Gasteiger partial charge in [0.25, 0.3) is 0 Å². The Balaban J connectivity index is 2.24. The molecule has 0 amide bonds. The van der Waals surface area contributed by atoms with E-state index in [1.165, 1.54) is 6.07 Å². The number of hydrogen-bond acceptors (Lipinski definition) is 2. The second-order valence-electron chi connectivity index (χ2n) is 4.88. The summed E-state index contributed by atoms with van der Waals surface area (Å²) in [7, 11) is 0. The van der Waals surface area contributed by atoms with E-state index in [0.717, 1.165) is 11.6 Å². The predicted octanol–water partition coefficient (Wildman–Crippen LogP) is 3.50. The first kappa shape index (κ1) is 14.6. The zero-order valence-electron chi connectivity index (χ0n) is 11.6. The van der Waals surface area contributed by atoms with Crippen LogP contribution in [0.3, 0.4) is 0 Å². The molecule has 0 aliphatic carbocycles. The second-order valence-corrected chi connectivity index (χ2v) is 4.88. The molecule has 0 unspecified atom stereocenters. The van der Waals surface area contributed by atoms with E-state index in [9.17, 15) is 13.2 Å². The zero-order chi connectivity index (χ0) is 15.7. The van der Waals surface area contributed by atoms with Crippen LogP contribution in [0.15, 0.2) is 36.4 Å². The highest BCUT2D eigenvalue weighted by Crippen LogP contribution is 2.29. The fourth-order valence-electron chi connectivity index (χ4n) is 2.43. The Morgan fingerprint density at radius 1 is 1.00 bits per heavy atom. The van der Waals surface area contributed by atoms with Crippen LogP contribution < -0.4 is 0 Å². The van der Waals surface area contributed by atoms with Gasteiger partial charge in [0.1, 0.15) is 5.82 Å². The number of aliphatic hydroxyl groups is 1. The lowest BCUT2D eigenvalue weighted by Gasteiger charge is -2.09. The Bertz CT molecular complexity index is 830. The fraction of sp³-hybridized carbons (Fsp3) is 0.188. The van der Waals surface area contributed by atoms with Crippen molar-refractivity contribution in [3.8, 4) is 11.4 Å². The molecule has 2 aromatic carbocycles. The van der Waals surface area contributed by atoms with Crippen LogP contribution in [0.25, 0.3) is 22.4 Å². The van der Waals surface area contributed by atoms with Gasteiger partial charge >= 0.3 is 0 Å². The SMILES string of the molecule is OCCCn1c(-c2ccc(F)c(F)c2F)nc2ccccc21. The summed E-state index contributed by atoms with van der Waals surface area (Å²) >= 11 is 0. The van der Waals surface area contributed by atoms with E-state index in [0.29, 0.717) is 18.5 Å².